The molecule has 3 amide bonds. The number of aromatic nitrogens is 2. The second-order valence-corrected chi connectivity index (χ2v) is 5.96. The van der Waals surface area contributed by atoms with Gasteiger partial charge in [-0.1, -0.05) is 23.2 Å². The molecule has 2 rings (SSSR count). The number of hydrogen-bond donors (Lipinski definition) is 2. The first-order chi connectivity index (χ1) is 12.0. The number of anilines is 1. The molecule has 0 saturated heterocycles. The lowest BCUT2D eigenvalue weighted by Crippen LogP contribution is -2.35. The van der Waals surface area contributed by atoms with Crippen LogP contribution in [0.5, 0.6) is 0 Å². The van der Waals surface area contributed by atoms with Gasteiger partial charge >= 0.3 is 6.03 Å². The van der Waals surface area contributed by atoms with E-state index in [1.807, 2.05) is 5.32 Å². The molecule has 11 heteroatoms. The third-order valence-electron chi connectivity index (χ3n) is 3.17. The normalized spacial score (nSPS) is 11.2. The van der Waals surface area contributed by atoms with Crippen LogP contribution in [0.25, 0.3) is 0 Å². The summed E-state index contributed by atoms with van der Waals surface area (Å²) in [5.74, 6) is -5.44. The van der Waals surface area contributed by atoms with Crippen molar-refractivity contribution in [2.24, 2.45) is 0 Å². The predicted octanol–water partition coefficient (Wildman–Crippen LogP) is 4.30. The van der Waals surface area contributed by atoms with Crippen LogP contribution in [0.3, 0.4) is 0 Å². The van der Waals surface area contributed by atoms with Gasteiger partial charge in [-0.2, -0.15) is 8.78 Å². The molecule has 0 aliphatic heterocycles. The highest BCUT2D eigenvalue weighted by molar-refractivity contribution is 6.35. The SMILES string of the molecule is Cc1ccnc(C(C)(F)F)c1NC(=O)NC(=O)c1cc(F)c(Cl)nc1Cl. The smallest absolute Gasteiger partial charge is 0.305 e. The molecule has 2 aromatic heterocycles. The van der Waals surface area contributed by atoms with E-state index >= 15 is 0 Å². The summed E-state index contributed by atoms with van der Waals surface area (Å²) in [6.07, 6.45) is 1.16. The minimum Gasteiger partial charge on any atom is -0.305 e. The quantitative estimate of drug-likeness (QED) is 0.743. The van der Waals surface area contributed by atoms with Crippen molar-refractivity contribution in [1.29, 1.82) is 0 Å². The summed E-state index contributed by atoms with van der Waals surface area (Å²) in [6.45, 7) is 2.09. The molecular weight excluding hydrogens is 396 g/mol. The summed E-state index contributed by atoms with van der Waals surface area (Å²) < 4.78 is 40.7. The number of aryl methyl sites for hydroxylation is 1. The second kappa shape index (κ2) is 7.46. The molecule has 2 aromatic rings. The third-order valence-corrected chi connectivity index (χ3v) is 3.73. The monoisotopic (exact) mass is 406 g/mol. The van der Waals surface area contributed by atoms with E-state index in [2.05, 4.69) is 15.3 Å². The first-order valence-corrected chi connectivity index (χ1v) is 7.74. The van der Waals surface area contributed by atoms with E-state index < -0.39 is 45.2 Å². The molecule has 0 aliphatic rings. The fraction of sp³-hybridized carbons (Fsp3) is 0.200. The number of carbonyl (C=O) groups excluding carboxylic acids is 2. The topological polar surface area (TPSA) is 84.0 Å². The molecule has 26 heavy (non-hydrogen) atoms. The van der Waals surface area contributed by atoms with Gasteiger partial charge in [-0.15, -0.1) is 0 Å². The first-order valence-electron chi connectivity index (χ1n) is 6.98. The van der Waals surface area contributed by atoms with Crippen LogP contribution in [0.2, 0.25) is 10.3 Å². The van der Waals surface area contributed by atoms with E-state index in [0.29, 0.717) is 18.6 Å². The predicted molar refractivity (Wildman–Crippen MR) is 89.2 cm³/mol. The number of hydrogen-bond acceptors (Lipinski definition) is 4. The summed E-state index contributed by atoms with van der Waals surface area (Å²) in [4.78, 5) is 31.0. The molecule has 0 radical (unpaired) electrons. The zero-order valence-electron chi connectivity index (χ0n) is 13.3. The Morgan fingerprint density at radius 3 is 2.50 bits per heavy atom. The summed E-state index contributed by atoms with van der Waals surface area (Å²) >= 11 is 11.1. The maximum atomic E-state index is 13.6. The first kappa shape index (κ1) is 19.9. The average Bonchev–Trinajstić information content (AvgIpc) is 2.51. The molecule has 0 saturated carbocycles. The molecule has 0 aliphatic carbocycles. The summed E-state index contributed by atoms with van der Waals surface area (Å²) in [5.41, 5.74) is -1.07. The lowest BCUT2D eigenvalue weighted by atomic mass is 10.1. The van der Waals surface area contributed by atoms with Gasteiger partial charge in [-0.25, -0.2) is 14.2 Å². The number of urea groups is 1. The molecule has 0 aromatic carbocycles. The van der Waals surface area contributed by atoms with Crippen LogP contribution in [-0.2, 0) is 5.92 Å². The fourth-order valence-electron chi connectivity index (χ4n) is 1.97. The third kappa shape index (κ3) is 4.41. The largest absolute Gasteiger partial charge is 0.326 e. The van der Waals surface area contributed by atoms with Gasteiger partial charge in [0.25, 0.3) is 11.8 Å². The molecule has 2 heterocycles. The standard InChI is InChI=1S/C15H11Cl2F3N4O2/c1-6-3-4-21-10(15(2,19)20)9(6)22-14(26)24-13(25)7-5-8(18)12(17)23-11(7)16/h3-5H,1-2H3,(H2,22,24,25,26). The minimum atomic E-state index is -3.33. The van der Waals surface area contributed by atoms with E-state index in [9.17, 15) is 22.8 Å². The fourth-order valence-corrected chi connectivity index (χ4v) is 2.38. The Kier molecular flexibility index (Phi) is 5.72. The number of rotatable bonds is 3. The van der Waals surface area contributed by atoms with Crippen molar-refractivity contribution in [2.45, 2.75) is 19.8 Å². The second-order valence-electron chi connectivity index (χ2n) is 5.25. The van der Waals surface area contributed by atoms with Gasteiger partial charge in [0.15, 0.2) is 11.0 Å². The number of nitrogens with one attached hydrogen (secondary N) is 2. The van der Waals surface area contributed by atoms with Crippen LogP contribution in [0.4, 0.5) is 23.7 Å². The Morgan fingerprint density at radius 2 is 1.88 bits per heavy atom. The van der Waals surface area contributed by atoms with Crippen LogP contribution in [0.15, 0.2) is 18.3 Å². The Morgan fingerprint density at radius 1 is 1.23 bits per heavy atom. The number of nitrogens with zero attached hydrogens (tertiary/aromatic N) is 2. The Balaban J connectivity index is 2.23. The maximum Gasteiger partial charge on any atom is 0.326 e. The van der Waals surface area contributed by atoms with Crippen LogP contribution >= 0.6 is 23.2 Å². The van der Waals surface area contributed by atoms with Crippen LogP contribution in [-0.4, -0.2) is 21.9 Å². The van der Waals surface area contributed by atoms with E-state index in [1.54, 1.807) is 0 Å². The molecule has 0 unspecified atom stereocenters. The highest BCUT2D eigenvalue weighted by atomic mass is 35.5. The Hall–Kier alpha value is -2.39. The van der Waals surface area contributed by atoms with Gasteiger partial charge in [0.1, 0.15) is 10.8 Å². The van der Waals surface area contributed by atoms with E-state index in [0.717, 1.165) is 6.20 Å². The van der Waals surface area contributed by atoms with Crippen molar-refractivity contribution in [1.82, 2.24) is 15.3 Å². The zero-order chi connectivity index (χ0) is 19.6. The van der Waals surface area contributed by atoms with Gasteiger partial charge < -0.3 is 5.32 Å². The number of imide groups is 1. The molecule has 2 N–H and O–H groups in total. The average molecular weight is 407 g/mol. The summed E-state index contributed by atoms with van der Waals surface area (Å²) in [6, 6.07) is 0.964. The number of halogens is 5. The van der Waals surface area contributed by atoms with Crippen molar-refractivity contribution in [3.8, 4) is 0 Å². The zero-order valence-corrected chi connectivity index (χ0v) is 14.8. The molecule has 0 atom stereocenters. The lowest BCUT2D eigenvalue weighted by molar-refractivity contribution is 0.0136. The van der Waals surface area contributed by atoms with Crippen molar-refractivity contribution >= 4 is 40.8 Å². The molecule has 0 fully saturated rings. The highest BCUT2D eigenvalue weighted by Gasteiger charge is 2.31. The summed E-state index contributed by atoms with van der Waals surface area (Å²) in [5, 5.41) is 3.00. The molecular formula is C15H11Cl2F3N4O2. The number of carbonyl (C=O) groups is 2. The van der Waals surface area contributed by atoms with Crippen LogP contribution in [0.1, 0.15) is 28.5 Å². The Labute approximate surface area is 155 Å². The van der Waals surface area contributed by atoms with Gasteiger partial charge in [-0.05, 0) is 24.6 Å². The van der Waals surface area contributed by atoms with Crippen molar-refractivity contribution in [2.75, 3.05) is 5.32 Å². The van der Waals surface area contributed by atoms with E-state index in [4.69, 9.17) is 23.2 Å². The van der Waals surface area contributed by atoms with Gasteiger partial charge in [0.05, 0.1) is 11.3 Å². The number of amides is 3. The molecule has 138 valence electrons. The van der Waals surface area contributed by atoms with Gasteiger partial charge in [0.2, 0.25) is 0 Å². The molecule has 6 nitrogen and oxygen atoms in total. The van der Waals surface area contributed by atoms with Crippen LogP contribution < -0.4 is 10.6 Å². The Bertz CT molecular complexity index is 888. The molecule has 0 bridgehead atoms. The molecule has 0 spiro atoms. The van der Waals surface area contributed by atoms with Gasteiger partial charge in [0, 0.05) is 13.1 Å². The van der Waals surface area contributed by atoms with E-state index in [1.165, 1.54) is 13.0 Å². The number of pyridine rings is 2. The lowest BCUT2D eigenvalue weighted by Gasteiger charge is -2.17. The maximum absolute atomic E-state index is 13.6. The minimum absolute atomic E-state index is 0.253. The van der Waals surface area contributed by atoms with Crippen LogP contribution in [0, 0.1) is 12.7 Å². The number of alkyl halides is 2. The van der Waals surface area contributed by atoms with Crippen molar-refractivity contribution in [3.05, 3.63) is 51.3 Å². The van der Waals surface area contributed by atoms with Crippen molar-refractivity contribution < 1.29 is 22.8 Å². The van der Waals surface area contributed by atoms with Crippen molar-refractivity contribution in [3.63, 3.8) is 0 Å². The van der Waals surface area contributed by atoms with E-state index in [-0.39, 0.29) is 5.69 Å². The summed E-state index contributed by atoms with van der Waals surface area (Å²) in [7, 11) is 0. The highest BCUT2D eigenvalue weighted by Crippen LogP contribution is 2.32. The van der Waals surface area contributed by atoms with Gasteiger partial charge in [-0.3, -0.25) is 15.1 Å².